The lowest BCUT2D eigenvalue weighted by atomic mass is 10.5. The molecule has 0 saturated heterocycles. The standard InChI is InChI=1S/C7H11N5/c1-9-6(10-2)7-11-3-4-12(7)5-8/h3-4H,1,5,8H2,2H3. The molecule has 2 N–H and O–H groups in total. The van der Waals surface area contributed by atoms with Crippen LogP contribution < -0.4 is 5.73 Å². The zero-order valence-electron chi connectivity index (χ0n) is 6.94. The van der Waals surface area contributed by atoms with Crippen LogP contribution in [0.1, 0.15) is 5.82 Å². The maximum Gasteiger partial charge on any atom is 0.190 e. The molecular weight excluding hydrogens is 154 g/mol. The highest BCUT2D eigenvalue weighted by atomic mass is 15.1. The zero-order valence-corrected chi connectivity index (χ0v) is 6.94. The highest BCUT2D eigenvalue weighted by Gasteiger charge is 2.05. The van der Waals surface area contributed by atoms with Gasteiger partial charge in [0.2, 0.25) is 0 Å². The number of rotatable bonds is 2. The molecular formula is C7H11N5. The van der Waals surface area contributed by atoms with E-state index in [0.29, 0.717) is 18.3 Å². The van der Waals surface area contributed by atoms with Crippen molar-refractivity contribution in [2.45, 2.75) is 6.67 Å². The fraction of sp³-hybridized carbons (Fsp3) is 0.286. The molecule has 0 bridgehead atoms. The van der Waals surface area contributed by atoms with Crippen molar-refractivity contribution in [2.24, 2.45) is 15.7 Å². The number of imidazole rings is 1. The molecule has 0 spiro atoms. The lowest BCUT2D eigenvalue weighted by Gasteiger charge is -2.01. The second-order valence-corrected chi connectivity index (χ2v) is 2.11. The van der Waals surface area contributed by atoms with Crippen LogP contribution in [0.3, 0.4) is 0 Å². The Morgan fingerprint density at radius 1 is 1.83 bits per heavy atom. The van der Waals surface area contributed by atoms with E-state index in [4.69, 9.17) is 5.73 Å². The second-order valence-electron chi connectivity index (χ2n) is 2.11. The van der Waals surface area contributed by atoms with Crippen LogP contribution in [0.5, 0.6) is 0 Å². The molecule has 0 aromatic carbocycles. The summed E-state index contributed by atoms with van der Waals surface area (Å²) in [5.74, 6) is 1.15. The minimum atomic E-state index is 0.365. The Balaban J connectivity index is 3.08. The molecule has 64 valence electrons. The molecule has 1 aromatic heterocycles. The molecule has 1 rings (SSSR count). The van der Waals surface area contributed by atoms with E-state index in [0.717, 1.165) is 0 Å². The van der Waals surface area contributed by atoms with Crippen LogP contribution in [0.25, 0.3) is 0 Å². The highest BCUT2D eigenvalue weighted by Crippen LogP contribution is 1.98. The minimum absolute atomic E-state index is 0.365. The first-order valence-electron chi connectivity index (χ1n) is 3.48. The summed E-state index contributed by atoms with van der Waals surface area (Å²) in [7, 11) is 1.64. The molecule has 5 heteroatoms. The van der Waals surface area contributed by atoms with Crippen molar-refractivity contribution in [1.82, 2.24) is 9.55 Å². The summed E-state index contributed by atoms with van der Waals surface area (Å²) in [6, 6.07) is 0. The van der Waals surface area contributed by atoms with Gasteiger partial charge in [0.1, 0.15) is 0 Å². The molecule has 0 aliphatic heterocycles. The Labute approximate surface area is 70.7 Å². The highest BCUT2D eigenvalue weighted by molar-refractivity contribution is 5.98. The smallest absolute Gasteiger partial charge is 0.190 e. The average Bonchev–Trinajstić information content (AvgIpc) is 2.55. The molecule has 12 heavy (non-hydrogen) atoms. The summed E-state index contributed by atoms with van der Waals surface area (Å²) in [6.07, 6.45) is 3.42. The summed E-state index contributed by atoms with van der Waals surface area (Å²) in [6.45, 7) is 3.75. The lowest BCUT2D eigenvalue weighted by Crippen LogP contribution is -2.13. The average molecular weight is 165 g/mol. The van der Waals surface area contributed by atoms with E-state index < -0.39 is 0 Å². The van der Waals surface area contributed by atoms with Crippen LogP contribution >= 0.6 is 0 Å². The minimum Gasteiger partial charge on any atom is -0.315 e. The SMILES string of the molecule is C=NC(=NC)c1nccn1CN. The van der Waals surface area contributed by atoms with Crippen molar-refractivity contribution in [1.29, 1.82) is 0 Å². The molecule has 0 aliphatic carbocycles. The fourth-order valence-corrected chi connectivity index (χ4v) is 0.904. The third-order valence-corrected chi connectivity index (χ3v) is 1.47. The fourth-order valence-electron chi connectivity index (χ4n) is 0.904. The van der Waals surface area contributed by atoms with Crippen LogP contribution in [0.15, 0.2) is 22.4 Å². The number of amidine groups is 1. The van der Waals surface area contributed by atoms with E-state index in [1.54, 1.807) is 24.0 Å². The molecule has 0 amide bonds. The molecule has 0 unspecified atom stereocenters. The van der Waals surface area contributed by atoms with Gasteiger partial charge in [-0.15, -0.1) is 0 Å². The maximum atomic E-state index is 5.45. The van der Waals surface area contributed by atoms with Gasteiger partial charge in [0.25, 0.3) is 0 Å². The topological polar surface area (TPSA) is 68.6 Å². The Hall–Kier alpha value is -1.49. The molecule has 0 aliphatic rings. The molecule has 0 saturated carbocycles. The van der Waals surface area contributed by atoms with Gasteiger partial charge in [0.15, 0.2) is 11.7 Å². The Kier molecular flexibility index (Phi) is 2.71. The quantitative estimate of drug-likeness (QED) is 0.490. The summed E-state index contributed by atoms with van der Waals surface area (Å²) in [5, 5.41) is 0. The lowest BCUT2D eigenvalue weighted by molar-refractivity contribution is 0.723. The van der Waals surface area contributed by atoms with Gasteiger partial charge < -0.3 is 10.3 Å². The first-order valence-corrected chi connectivity index (χ1v) is 3.48. The summed E-state index contributed by atoms with van der Waals surface area (Å²) >= 11 is 0. The van der Waals surface area contributed by atoms with Gasteiger partial charge in [-0.05, 0) is 6.72 Å². The maximum absolute atomic E-state index is 5.45. The first-order chi connectivity index (χ1) is 5.83. The van der Waals surface area contributed by atoms with Crippen molar-refractivity contribution in [2.75, 3.05) is 7.05 Å². The monoisotopic (exact) mass is 165 g/mol. The van der Waals surface area contributed by atoms with Gasteiger partial charge >= 0.3 is 0 Å². The van der Waals surface area contributed by atoms with E-state index >= 15 is 0 Å². The van der Waals surface area contributed by atoms with Crippen LogP contribution in [-0.4, -0.2) is 29.2 Å². The number of aliphatic imine (C=N–C) groups is 2. The Morgan fingerprint density at radius 2 is 2.58 bits per heavy atom. The summed E-state index contributed by atoms with van der Waals surface area (Å²) < 4.78 is 1.75. The van der Waals surface area contributed by atoms with Gasteiger partial charge in [0.05, 0.1) is 6.67 Å². The van der Waals surface area contributed by atoms with Gasteiger partial charge in [-0.3, -0.25) is 4.99 Å². The van der Waals surface area contributed by atoms with Crippen molar-refractivity contribution < 1.29 is 0 Å². The van der Waals surface area contributed by atoms with E-state index in [9.17, 15) is 0 Å². The number of hydrogen-bond acceptors (Lipinski definition) is 3. The normalized spacial score (nSPS) is 11.7. The van der Waals surface area contributed by atoms with E-state index in [2.05, 4.69) is 21.7 Å². The Morgan fingerprint density at radius 3 is 3.08 bits per heavy atom. The van der Waals surface area contributed by atoms with Crippen molar-refractivity contribution in [3.63, 3.8) is 0 Å². The van der Waals surface area contributed by atoms with E-state index in [1.807, 2.05) is 0 Å². The van der Waals surface area contributed by atoms with Gasteiger partial charge in [-0.2, -0.15) is 0 Å². The second kappa shape index (κ2) is 3.77. The number of hydrogen-bond donors (Lipinski definition) is 1. The molecule has 0 fully saturated rings. The Bertz CT molecular complexity index is 299. The van der Waals surface area contributed by atoms with Gasteiger partial charge in [0, 0.05) is 19.4 Å². The third kappa shape index (κ3) is 1.40. The predicted octanol–water partition coefficient (Wildman–Crippen LogP) is -0.124. The number of aromatic nitrogens is 2. The van der Waals surface area contributed by atoms with Crippen LogP contribution in [0.2, 0.25) is 0 Å². The largest absolute Gasteiger partial charge is 0.315 e. The van der Waals surface area contributed by atoms with Crippen LogP contribution in [0.4, 0.5) is 0 Å². The van der Waals surface area contributed by atoms with E-state index in [1.165, 1.54) is 0 Å². The first kappa shape index (κ1) is 8.61. The molecule has 0 radical (unpaired) electrons. The molecule has 1 heterocycles. The summed E-state index contributed by atoms with van der Waals surface area (Å²) in [4.78, 5) is 11.7. The molecule has 5 nitrogen and oxygen atoms in total. The number of nitrogens with two attached hydrogens (primary N) is 1. The zero-order chi connectivity index (χ0) is 8.97. The van der Waals surface area contributed by atoms with Crippen molar-refractivity contribution in [3.05, 3.63) is 18.2 Å². The van der Waals surface area contributed by atoms with Crippen LogP contribution in [-0.2, 0) is 6.67 Å². The van der Waals surface area contributed by atoms with Crippen molar-refractivity contribution >= 4 is 12.6 Å². The van der Waals surface area contributed by atoms with Gasteiger partial charge in [-0.1, -0.05) is 0 Å². The number of nitrogens with zero attached hydrogens (tertiary/aromatic N) is 4. The van der Waals surface area contributed by atoms with Crippen LogP contribution in [0, 0.1) is 0 Å². The van der Waals surface area contributed by atoms with Crippen molar-refractivity contribution in [3.8, 4) is 0 Å². The summed E-state index contributed by atoms with van der Waals surface area (Å²) in [5.41, 5.74) is 5.45. The molecule has 1 aromatic rings. The molecule has 0 atom stereocenters. The predicted molar refractivity (Wildman–Crippen MR) is 48.4 cm³/mol. The van der Waals surface area contributed by atoms with Gasteiger partial charge in [-0.25, -0.2) is 9.98 Å². The van der Waals surface area contributed by atoms with E-state index in [-0.39, 0.29) is 0 Å². The third-order valence-electron chi connectivity index (χ3n) is 1.47.